The van der Waals surface area contributed by atoms with Crippen LogP contribution in [-0.2, 0) is 0 Å². The van der Waals surface area contributed by atoms with E-state index in [-0.39, 0.29) is 6.03 Å². The van der Waals surface area contributed by atoms with Gasteiger partial charge in [0.1, 0.15) is 0 Å². The minimum Gasteiger partial charge on any atom is -0.337 e. The Morgan fingerprint density at radius 1 is 1.40 bits per heavy atom. The molecule has 0 aromatic carbocycles. The van der Waals surface area contributed by atoms with Crippen LogP contribution < -0.4 is 10.6 Å². The van der Waals surface area contributed by atoms with Crippen LogP contribution in [0.4, 0.5) is 4.79 Å². The molecule has 1 radical (unpaired) electrons. The first kappa shape index (κ1) is 9.27. The van der Waals surface area contributed by atoms with Crippen molar-refractivity contribution in [3.05, 3.63) is 0 Å². The Hall–Kier alpha value is -0.730. The van der Waals surface area contributed by atoms with E-state index < -0.39 is 0 Å². The van der Waals surface area contributed by atoms with E-state index in [1.54, 1.807) is 0 Å². The summed E-state index contributed by atoms with van der Waals surface area (Å²) in [5, 5.41) is 6.39. The van der Waals surface area contributed by atoms with Crippen molar-refractivity contribution in [1.82, 2.24) is 10.6 Å². The lowest BCUT2D eigenvalue weighted by Crippen LogP contribution is -2.31. The van der Waals surface area contributed by atoms with Gasteiger partial charge in [-0.2, -0.15) is 0 Å². The van der Waals surface area contributed by atoms with E-state index in [0.717, 1.165) is 19.4 Å². The normalized spacial score (nSPS) is 9.00. The molecule has 0 heterocycles. The third kappa shape index (κ3) is 5.41. The van der Waals surface area contributed by atoms with Gasteiger partial charge in [0.05, 0.1) is 0 Å². The van der Waals surface area contributed by atoms with Gasteiger partial charge in [-0.3, -0.25) is 0 Å². The van der Waals surface area contributed by atoms with Crippen LogP contribution in [0.1, 0.15) is 26.7 Å². The molecule has 2 amide bonds. The number of nitrogens with zero attached hydrogens (tertiary/aromatic N) is 1. The summed E-state index contributed by atoms with van der Waals surface area (Å²) in [6.45, 7) is 5.37. The van der Waals surface area contributed by atoms with Crippen LogP contribution in [0.3, 0.4) is 0 Å². The molecular weight excluding hydrogens is 128 g/mol. The van der Waals surface area contributed by atoms with Crippen LogP contribution >= 0.6 is 0 Å². The van der Waals surface area contributed by atoms with Crippen molar-refractivity contribution in [2.45, 2.75) is 26.7 Å². The highest BCUT2D eigenvalue weighted by Gasteiger charge is 1.96. The van der Waals surface area contributed by atoms with Crippen LogP contribution in [-0.4, -0.2) is 19.1 Å². The summed E-state index contributed by atoms with van der Waals surface area (Å²) in [5.74, 6) is 0. The third-order valence-electron chi connectivity index (χ3n) is 1.01. The zero-order chi connectivity index (χ0) is 7.82. The fourth-order valence-electron chi connectivity index (χ4n) is 0.501. The Bertz CT molecular complexity index is 83.6. The Morgan fingerprint density at radius 3 is 2.60 bits per heavy atom. The predicted octanol–water partition coefficient (Wildman–Crippen LogP) is 1.12. The highest BCUT2D eigenvalue weighted by atomic mass is 16.2. The van der Waals surface area contributed by atoms with Crippen molar-refractivity contribution in [1.29, 1.82) is 0 Å². The molecule has 0 aliphatic rings. The highest BCUT2D eigenvalue weighted by Crippen LogP contribution is 1.75. The fourth-order valence-corrected chi connectivity index (χ4v) is 0.501. The van der Waals surface area contributed by atoms with Crippen molar-refractivity contribution >= 4 is 6.03 Å². The number of carbonyl (C=O) groups is 1. The molecule has 0 aliphatic heterocycles. The maximum Gasteiger partial charge on any atom is 0.336 e. The van der Waals surface area contributed by atoms with Crippen LogP contribution in [0.2, 0.25) is 0 Å². The SMILES string of the molecule is CCC[N]C(=O)NCCC. The number of carbonyl (C=O) groups excluding carboxylic acids is 1. The molecule has 0 saturated carbocycles. The molecule has 0 saturated heterocycles. The Balaban J connectivity index is 3.09. The molecule has 10 heavy (non-hydrogen) atoms. The summed E-state index contributed by atoms with van der Waals surface area (Å²) >= 11 is 0. The Morgan fingerprint density at radius 2 is 2.10 bits per heavy atom. The molecule has 1 N–H and O–H groups in total. The third-order valence-corrected chi connectivity index (χ3v) is 1.01. The number of nitrogens with one attached hydrogen (secondary N) is 1. The molecule has 0 bridgehead atoms. The highest BCUT2D eigenvalue weighted by molar-refractivity contribution is 5.73. The molecule has 0 fully saturated rings. The monoisotopic (exact) mass is 143 g/mol. The van der Waals surface area contributed by atoms with Crippen molar-refractivity contribution in [2.24, 2.45) is 0 Å². The zero-order valence-electron chi connectivity index (χ0n) is 6.68. The van der Waals surface area contributed by atoms with Gasteiger partial charge in [0.2, 0.25) is 0 Å². The minimum absolute atomic E-state index is 0.177. The van der Waals surface area contributed by atoms with Crippen molar-refractivity contribution < 1.29 is 4.79 Å². The summed E-state index contributed by atoms with van der Waals surface area (Å²) in [6.07, 6.45) is 1.90. The quantitative estimate of drug-likeness (QED) is 0.629. The number of hydrogen-bond acceptors (Lipinski definition) is 1. The van der Waals surface area contributed by atoms with Gasteiger partial charge in [-0.15, -0.1) is 0 Å². The molecule has 0 aromatic heterocycles. The number of urea groups is 1. The molecule has 0 spiro atoms. The maximum atomic E-state index is 10.7. The molecule has 59 valence electrons. The zero-order valence-corrected chi connectivity index (χ0v) is 6.68. The molecule has 0 atom stereocenters. The lowest BCUT2D eigenvalue weighted by atomic mass is 10.5. The van der Waals surface area contributed by atoms with E-state index in [0.29, 0.717) is 6.54 Å². The minimum atomic E-state index is -0.177. The van der Waals surface area contributed by atoms with Crippen LogP contribution in [0.5, 0.6) is 0 Å². The van der Waals surface area contributed by atoms with Gasteiger partial charge >= 0.3 is 6.03 Å². The predicted molar refractivity (Wildman–Crippen MR) is 41.0 cm³/mol. The molecule has 0 aliphatic carbocycles. The van der Waals surface area contributed by atoms with E-state index in [2.05, 4.69) is 10.6 Å². The Kier molecular flexibility index (Phi) is 5.92. The van der Waals surface area contributed by atoms with Gasteiger partial charge < -0.3 is 5.32 Å². The second-order valence-corrected chi connectivity index (χ2v) is 2.11. The van der Waals surface area contributed by atoms with Gasteiger partial charge in [-0.25, -0.2) is 10.1 Å². The summed E-state index contributed by atoms with van der Waals surface area (Å²) in [6, 6.07) is -0.177. The second kappa shape index (κ2) is 6.39. The first-order chi connectivity index (χ1) is 4.81. The first-order valence-electron chi connectivity index (χ1n) is 3.76. The van der Waals surface area contributed by atoms with Gasteiger partial charge in [-0.05, 0) is 12.8 Å². The largest absolute Gasteiger partial charge is 0.337 e. The summed E-state index contributed by atoms with van der Waals surface area (Å²) < 4.78 is 0. The molecule has 0 rings (SSSR count). The van der Waals surface area contributed by atoms with Crippen molar-refractivity contribution in [3.8, 4) is 0 Å². The number of amides is 2. The van der Waals surface area contributed by atoms with Gasteiger partial charge in [0.15, 0.2) is 0 Å². The molecular formula is C7H15N2O. The van der Waals surface area contributed by atoms with Crippen molar-refractivity contribution in [3.63, 3.8) is 0 Å². The summed E-state index contributed by atoms with van der Waals surface area (Å²) in [5.41, 5.74) is 0. The fraction of sp³-hybridized carbons (Fsp3) is 0.857. The molecule has 0 aromatic rings. The first-order valence-corrected chi connectivity index (χ1v) is 3.76. The summed E-state index contributed by atoms with van der Waals surface area (Å²) in [7, 11) is 0. The Labute approximate surface area is 62.2 Å². The van der Waals surface area contributed by atoms with Crippen molar-refractivity contribution in [2.75, 3.05) is 13.1 Å². The standard InChI is InChI=1S/C7H15N2O/c1-3-5-8-7(10)9-6-4-2/h3-6H2,1-2H3,(H,8,10). The molecule has 0 unspecified atom stereocenters. The van der Waals surface area contributed by atoms with Crippen LogP contribution in [0, 0.1) is 0 Å². The maximum absolute atomic E-state index is 10.7. The second-order valence-electron chi connectivity index (χ2n) is 2.11. The van der Waals surface area contributed by atoms with Crippen LogP contribution in [0.25, 0.3) is 0 Å². The van der Waals surface area contributed by atoms with E-state index in [1.165, 1.54) is 0 Å². The van der Waals surface area contributed by atoms with Crippen LogP contribution in [0.15, 0.2) is 0 Å². The molecule has 3 nitrogen and oxygen atoms in total. The average Bonchev–Trinajstić information content (AvgIpc) is 1.97. The lowest BCUT2D eigenvalue weighted by molar-refractivity contribution is 0.240. The lowest BCUT2D eigenvalue weighted by Gasteiger charge is -2.00. The van der Waals surface area contributed by atoms with Gasteiger partial charge in [0.25, 0.3) is 0 Å². The van der Waals surface area contributed by atoms with E-state index in [1.807, 2.05) is 13.8 Å². The smallest absolute Gasteiger partial charge is 0.336 e. The van der Waals surface area contributed by atoms with E-state index in [9.17, 15) is 4.79 Å². The topological polar surface area (TPSA) is 43.2 Å². The number of rotatable bonds is 4. The average molecular weight is 143 g/mol. The molecule has 3 heteroatoms. The van der Waals surface area contributed by atoms with E-state index >= 15 is 0 Å². The van der Waals surface area contributed by atoms with E-state index in [4.69, 9.17) is 0 Å². The van der Waals surface area contributed by atoms with Gasteiger partial charge in [-0.1, -0.05) is 13.8 Å². The number of hydrogen-bond donors (Lipinski definition) is 1. The summed E-state index contributed by atoms with van der Waals surface area (Å²) in [4.78, 5) is 10.7. The van der Waals surface area contributed by atoms with Gasteiger partial charge in [0, 0.05) is 13.1 Å².